The minimum atomic E-state index is 0.552. The fourth-order valence-corrected chi connectivity index (χ4v) is 1.08. The molecule has 0 amide bonds. The number of azide groups is 1. The van der Waals surface area contributed by atoms with Gasteiger partial charge in [0.05, 0.1) is 23.0 Å². The number of hydrogen-bond donors (Lipinski definition) is 1. The van der Waals surface area contributed by atoms with Gasteiger partial charge >= 0.3 is 0 Å². The highest BCUT2D eigenvalue weighted by Crippen LogP contribution is 2.22. The average Bonchev–Trinajstić information content (AvgIpc) is 2.53. The van der Waals surface area contributed by atoms with Crippen molar-refractivity contribution < 1.29 is 0 Å². The zero-order valence-electron chi connectivity index (χ0n) is 6.10. The molecule has 0 fully saturated rings. The van der Waals surface area contributed by atoms with Gasteiger partial charge in [-0.15, -0.1) is 0 Å². The van der Waals surface area contributed by atoms with Crippen molar-refractivity contribution in [2.75, 3.05) is 0 Å². The van der Waals surface area contributed by atoms with Gasteiger partial charge in [-0.2, -0.15) is 0 Å². The number of para-hydroxylation sites is 1. The highest BCUT2D eigenvalue weighted by Gasteiger charge is 1.98. The maximum Gasteiger partial charge on any atom is 0.0978 e. The summed E-state index contributed by atoms with van der Waals surface area (Å²) >= 11 is 0. The Morgan fingerprint density at radius 3 is 3.25 bits per heavy atom. The Balaban J connectivity index is 2.81. The lowest BCUT2D eigenvalue weighted by Crippen LogP contribution is -1.68. The molecule has 2 aromatic rings. The molecule has 0 aliphatic heterocycles. The first-order valence-corrected chi connectivity index (χ1v) is 3.39. The van der Waals surface area contributed by atoms with E-state index in [4.69, 9.17) is 5.53 Å². The number of rotatable bonds is 1. The van der Waals surface area contributed by atoms with Gasteiger partial charge in [0.15, 0.2) is 0 Å². The molecule has 1 aromatic heterocycles. The predicted molar refractivity (Wildman–Crippen MR) is 44.9 cm³/mol. The largest absolute Gasteiger partial charge is 0.345 e. The van der Waals surface area contributed by atoms with Crippen LogP contribution in [0.15, 0.2) is 29.6 Å². The molecule has 1 N–H and O–H groups in total. The molecule has 0 atom stereocenters. The van der Waals surface area contributed by atoms with Crippen LogP contribution >= 0.6 is 0 Å². The van der Waals surface area contributed by atoms with Crippen molar-refractivity contribution in [3.8, 4) is 0 Å². The molecule has 5 nitrogen and oxygen atoms in total. The Bertz CT molecular complexity index is 452. The molecule has 1 aromatic carbocycles. The first-order valence-electron chi connectivity index (χ1n) is 3.39. The van der Waals surface area contributed by atoms with Gasteiger partial charge in [-0.3, -0.25) is 0 Å². The number of hydrogen-bond acceptors (Lipinski definition) is 2. The van der Waals surface area contributed by atoms with Gasteiger partial charge in [0.2, 0.25) is 0 Å². The Kier molecular flexibility index (Phi) is 1.43. The molecule has 0 radical (unpaired) electrons. The van der Waals surface area contributed by atoms with Gasteiger partial charge in [0.1, 0.15) is 0 Å². The molecule has 0 bridgehead atoms. The van der Waals surface area contributed by atoms with Gasteiger partial charge < -0.3 is 4.98 Å². The maximum atomic E-state index is 8.24. The van der Waals surface area contributed by atoms with Gasteiger partial charge in [0.25, 0.3) is 0 Å². The number of nitrogens with zero attached hydrogens (tertiary/aromatic N) is 4. The van der Waals surface area contributed by atoms with Crippen molar-refractivity contribution in [1.29, 1.82) is 0 Å². The van der Waals surface area contributed by atoms with Gasteiger partial charge in [-0.25, -0.2) is 4.98 Å². The second-order valence-electron chi connectivity index (χ2n) is 2.27. The summed E-state index contributed by atoms with van der Waals surface area (Å²) in [5, 5.41) is 3.51. The topological polar surface area (TPSA) is 77.4 Å². The van der Waals surface area contributed by atoms with Gasteiger partial charge in [-0.05, 0) is 11.6 Å². The van der Waals surface area contributed by atoms with Crippen LogP contribution in [0.1, 0.15) is 0 Å². The Morgan fingerprint density at radius 2 is 2.42 bits per heavy atom. The number of fused-ring (bicyclic) bond motifs is 1. The molecule has 0 unspecified atom stereocenters. The molecule has 0 saturated carbocycles. The molecule has 0 spiro atoms. The lowest BCUT2D eigenvalue weighted by atomic mass is 10.3. The Hall–Kier alpha value is -2.00. The van der Waals surface area contributed by atoms with Crippen LogP contribution in [0.3, 0.4) is 0 Å². The van der Waals surface area contributed by atoms with Crippen molar-refractivity contribution in [1.82, 2.24) is 9.97 Å². The lowest BCUT2D eigenvalue weighted by Gasteiger charge is -1.90. The maximum absolute atomic E-state index is 8.24. The highest BCUT2D eigenvalue weighted by atomic mass is 15.1. The number of H-pyrrole nitrogens is 1. The minimum Gasteiger partial charge on any atom is -0.345 e. The molecular formula is C7H5N5. The summed E-state index contributed by atoms with van der Waals surface area (Å²) < 4.78 is 0. The Labute approximate surface area is 67.7 Å². The van der Waals surface area contributed by atoms with Crippen LogP contribution in [-0.4, -0.2) is 9.97 Å². The van der Waals surface area contributed by atoms with Crippen LogP contribution in [0.5, 0.6) is 0 Å². The third kappa shape index (κ3) is 0.889. The normalized spacial score (nSPS) is 9.67. The second-order valence-corrected chi connectivity index (χ2v) is 2.27. The van der Waals surface area contributed by atoms with E-state index in [0.29, 0.717) is 11.2 Å². The fraction of sp³-hybridized carbons (Fsp3) is 0. The standard InChI is InChI=1S/C7H5N5/c8-12-11-6-3-1-2-5-7(6)10-4-9-5/h1-4H,(H,9,10). The summed E-state index contributed by atoms with van der Waals surface area (Å²) in [5.41, 5.74) is 10.4. The number of benzene rings is 1. The molecule has 58 valence electrons. The third-order valence-electron chi connectivity index (χ3n) is 1.58. The van der Waals surface area contributed by atoms with Gasteiger partial charge in [-0.1, -0.05) is 17.2 Å². The van der Waals surface area contributed by atoms with E-state index < -0.39 is 0 Å². The summed E-state index contributed by atoms with van der Waals surface area (Å²) in [6.45, 7) is 0. The molecule has 0 saturated heterocycles. The van der Waals surface area contributed by atoms with E-state index >= 15 is 0 Å². The van der Waals surface area contributed by atoms with Crippen molar-refractivity contribution in [3.05, 3.63) is 35.0 Å². The monoisotopic (exact) mass is 159 g/mol. The SMILES string of the molecule is [N-]=[N+]=Nc1cccc2[nH]cnc12. The van der Waals surface area contributed by atoms with E-state index in [1.54, 1.807) is 12.4 Å². The van der Waals surface area contributed by atoms with E-state index in [1.165, 1.54) is 0 Å². The molecule has 0 aliphatic rings. The third-order valence-corrected chi connectivity index (χ3v) is 1.58. The van der Waals surface area contributed by atoms with Crippen LogP contribution < -0.4 is 0 Å². The second kappa shape index (κ2) is 2.56. The van der Waals surface area contributed by atoms with Crippen LogP contribution in [0, 0.1) is 0 Å². The smallest absolute Gasteiger partial charge is 0.0978 e. The number of imidazole rings is 1. The zero-order chi connectivity index (χ0) is 8.39. The fourth-order valence-electron chi connectivity index (χ4n) is 1.08. The molecule has 1 heterocycles. The van der Waals surface area contributed by atoms with Crippen LogP contribution in [0.25, 0.3) is 21.5 Å². The van der Waals surface area contributed by atoms with Gasteiger partial charge in [0, 0.05) is 4.91 Å². The summed E-state index contributed by atoms with van der Waals surface area (Å²) in [6.07, 6.45) is 1.57. The summed E-state index contributed by atoms with van der Waals surface area (Å²) in [7, 11) is 0. The quantitative estimate of drug-likeness (QED) is 0.387. The van der Waals surface area contributed by atoms with E-state index in [9.17, 15) is 0 Å². The first-order chi connectivity index (χ1) is 5.92. The van der Waals surface area contributed by atoms with E-state index in [-0.39, 0.29) is 0 Å². The molecule has 2 rings (SSSR count). The molecule has 0 aliphatic carbocycles. The molecule has 12 heavy (non-hydrogen) atoms. The van der Waals surface area contributed by atoms with Crippen LogP contribution in [0.2, 0.25) is 0 Å². The van der Waals surface area contributed by atoms with Crippen LogP contribution in [0.4, 0.5) is 5.69 Å². The van der Waals surface area contributed by atoms with E-state index in [0.717, 1.165) is 5.52 Å². The highest BCUT2D eigenvalue weighted by molar-refractivity contribution is 5.85. The summed E-state index contributed by atoms with van der Waals surface area (Å²) in [6, 6.07) is 5.41. The number of aromatic amines is 1. The molecule has 5 heteroatoms. The zero-order valence-corrected chi connectivity index (χ0v) is 6.10. The minimum absolute atomic E-state index is 0.552. The summed E-state index contributed by atoms with van der Waals surface area (Å²) in [5.74, 6) is 0. The van der Waals surface area contributed by atoms with Crippen molar-refractivity contribution >= 4 is 16.7 Å². The van der Waals surface area contributed by atoms with E-state index in [1.807, 2.05) is 12.1 Å². The van der Waals surface area contributed by atoms with Crippen molar-refractivity contribution in [2.45, 2.75) is 0 Å². The van der Waals surface area contributed by atoms with E-state index in [2.05, 4.69) is 20.0 Å². The number of nitrogens with one attached hydrogen (secondary N) is 1. The van der Waals surface area contributed by atoms with Crippen LogP contribution in [-0.2, 0) is 0 Å². The molecular weight excluding hydrogens is 154 g/mol. The Morgan fingerprint density at radius 1 is 1.50 bits per heavy atom. The van der Waals surface area contributed by atoms with Crippen molar-refractivity contribution in [3.63, 3.8) is 0 Å². The first kappa shape index (κ1) is 6.69. The lowest BCUT2D eigenvalue weighted by molar-refractivity contribution is 1.34. The number of aromatic nitrogens is 2. The predicted octanol–water partition coefficient (Wildman–Crippen LogP) is 2.50. The summed E-state index contributed by atoms with van der Waals surface area (Å²) in [4.78, 5) is 9.65. The average molecular weight is 159 g/mol. The van der Waals surface area contributed by atoms with Crippen molar-refractivity contribution in [2.24, 2.45) is 5.11 Å².